The molecule has 0 aliphatic rings. The minimum atomic E-state index is -0.249. The van der Waals surface area contributed by atoms with Gasteiger partial charge in [0, 0.05) is 6.21 Å². The van der Waals surface area contributed by atoms with Gasteiger partial charge in [-0.25, -0.2) is 0 Å². The van der Waals surface area contributed by atoms with Crippen molar-refractivity contribution in [1.29, 1.82) is 5.41 Å². The molecule has 0 heterocycles. The summed E-state index contributed by atoms with van der Waals surface area (Å²) in [6, 6.07) is 9.34. The van der Waals surface area contributed by atoms with Crippen molar-refractivity contribution < 1.29 is 0 Å². The van der Waals surface area contributed by atoms with Crippen molar-refractivity contribution in [2.75, 3.05) is 0 Å². The maximum Gasteiger partial charge on any atom is 0.0648 e. The molecule has 1 unspecified atom stereocenters. The third-order valence-corrected chi connectivity index (χ3v) is 1.36. The zero-order valence-electron chi connectivity index (χ0n) is 5.62. The van der Waals surface area contributed by atoms with E-state index in [1.807, 2.05) is 30.3 Å². The summed E-state index contributed by atoms with van der Waals surface area (Å²) in [6.07, 6.45) is 1.23. The van der Waals surface area contributed by atoms with E-state index in [-0.39, 0.29) is 6.04 Å². The van der Waals surface area contributed by atoms with Gasteiger partial charge in [0.2, 0.25) is 0 Å². The van der Waals surface area contributed by atoms with Crippen LogP contribution < -0.4 is 5.73 Å². The Balaban J connectivity index is 2.84. The molecule has 0 fully saturated rings. The Morgan fingerprint density at radius 3 is 2.40 bits per heavy atom. The van der Waals surface area contributed by atoms with E-state index in [9.17, 15) is 0 Å². The molecule has 52 valence electrons. The zero-order valence-corrected chi connectivity index (χ0v) is 5.62. The van der Waals surface area contributed by atoms with Crippen molar-refractivity contribution in [1.82, 2.24) is 0 Å². The Labute approximate surface area is 60.2 Å². The van der Waals surface area contributed by atoms with Gasteiger partial charge in [-0.05, 0) is 5.56 Å². The number of hydrogen-bond acceptors (Lipinski definition) is 2. The van der Waals surface area contributed by atoms with E-state index in [1.165, 1.54) is 6.21 Å². The van der Waals surface area contributed by atoms with Gasteiger partial charge in [0.05, 0.1) is 6.04 Å². The first-order chi connectivity index (χ1) is 4.84. The second-order valence-corrected chi connectivity index (χ2v) is 2.10. The summed E-state index contributed by atoms with van der Waals surface area (Å²) in [5.74, 6) is 0. The molecule has 10 heavy (non-hydrogen) atoms. The van der Waals surface area contributed by atoms with Crippen LogP contribution in [0.1, 0.15) is 11.6 Å². The molecule has 0 aliphatic heterocycles. The van der Waals surface area contributed by atoms with Crippen LogP contribution in [0.4, 0.5) is 0 Å². The van der Waals surface area contributed by atoms with Gasteiger partial charge in [-0.15, -0.1) is 0 Å². The molecule has 1 atom stereocenters. The summed E-state index contributed by atoms with van der Waals surface area (Å²) in [5.41, 5.74) is 6.54. The first-order valence-electron chi connectivity index (χ1n) is 3.15. The highest BCUT2D eigenvalue weighted by Crippen LogP contribution is 2.05. The van der Waals surface area contributed by atoms with E-state index >= 15 is 0 Å². The molecular formula is C8H10N2. The highest BCUT2D eigenvalue weighted by atomic mass is 14.6. The lowest BCUT2D eigenvalue weighted by atomic mass is 10.1. The quantitative estimate of drug-likeness (QED) is 0.589. The smallest absolute Gasteiger partial charge is 0.0648 e. The summed E-state index contributed by atoms with van der Waals surface area (Å²) in [6.45, 7) is 0. The predicted octanol–water partition coefficient (Wildman–Crippen LogP) is 1.34. The Hall–Kier alpha value is -1.15. The standard InChI is InChI=1S/C8H10N2/c9-6-8(10)7-4-2-1-3-5-7/h1-6,8-9H,10H2. The number of nitrogens with two attached hydrogens (primary N) is 1. The molecule has 0 aromatic heterocycles. The fraction of sp³-hybridized carbons (Fsp3) is 0.125. The van der Waals surface area contributed by atoms with Gasteiger partial charge in [0.15, 0.2) is 0 Å². The molecule has 0 spiro atoms. The van der Waals surface area contributed by atoms with Crippen molar-refractivity contribution in [2.24, 2.45) is 5.73 Å². The fourth-order valence-electron chi connectivity index (χ4n) is 0.771. The first kappa shape index (κ1) is 6.96. The van der Waals surface area contributed by atoms with Crippen LogP contribution in [0, 0.1) is 5.41 Å². The summed E-state index contributed by atoms with van der Waals surface area (Å²) >= 11 is 0. The maximum atomic E-state index is 6.90. The van der Waals surface area contributed by atoms with Crippen molar-refractivity contribution in [3.05, 3.63) is 35.9 Å². The molecular weight excluding hydrogens is 124 g/mol. The first-order valence-corrected chi connectivity index (χ1v) is 3.15. The van der Waals surface area contributed by atoms with Gasteiger partial charge in [-0.1, -0.05) is 30.3 Å². The molecule has 0 saturated carbocycles. The molecule has 2 heteroatoms. The zero-order chi connectivity index (χ0) is 7.40. The molecule has 1 aromatic carbocycles. The Kier molecular flexibility index (Phi) is 2.18. The Morgan fingerprint density at radius 2 is 1.90 bits per heavy atom. The van der Waals surface area contributed by atoms with E-state index in [1.54, 1.807) is 0 Å². The topological polar surface area (TPSA) is 49.9 Å². The highest BCUT2D eigenvalue weighted by Gasteiger charge is 1.97. The number of hydrogen-bond donors (Lipinski definition) is 2. The van der Waals surface area contributed by atoms with Gasteiger partial charge in [0.25, 0.3) is 0 Å². The third-order valence-electron chi connectivity index (χ3n) is 1.36. The van der Waals surface area contributed by atoms with Gasteiger partial charge < -0.3 is 11.1 Å². The van der Waals surface area contributed by atoms with E-state index < -0.39 is 0 Å². The molecule has 3 N–H and O–H groups in total. The van der Waals surface area contributed by atoms with E-state index in [2.05, 4.69) is 0 Å². The minimum Gasteiger partial charge on any atom is -0.320 e. The maximum absolute atomic E-state index is 6.90. The molecule has 2 nitrogen and oxygen atoms in total. The lowest BCUT2D eigenvalue weighted by Crippen LogP contribution is -2.10. The SMILES string of the molecule is N=CC(N)c1ccccc1. The van der Waals surface area contributed by atoms with Crippen molar-refractivity contribution >= 4 is 6.21 Å². The molecule has 0 aliphatic carbocycles. The van der Waals surface area contributed by atoms with Crippen LogP contribution >= 0.6 is 0 Å². The van der Waals surface area contributed by atoms with E-state index in [0.717, 1.165) is 5.56 Å². The normalized spacial score (nSPS) is 12.5. The predicted molar refractivity (Wildman–Crippen MR) is 42.2 cm³/mol. The molecule has 0 bridgehead atoms. The number of benzene rings is 1. The van der Waals surface area contributed by atoms with Crippen LogP contribution in [0.2, 0.25) is 0 Å². The molecule has 1 rings (SSSR count). The minimum absolute atomic E-state index is 0.249. The molecule has 1 aromatic rings. The van der Waals surface area contributed by atoms with Gasteiger partial charge >= 0.3 is 0 Å². The molecule has 0 saturated heterocycles. The summed E-state index contributed by atoms with van der Waals surface area (Å²) in [7, 11) is 0. The average Bonchev–Trinajstić information content (AvgIpc) is 2.05. The van der Waals surface area contributed by atoms with Crippen LogP contribution in [-0.2, 0) is 0 Å². The van der Waals surface area contributed by atoms with Crippen LogP contribution in [-0.4, -0.2) is 6.21 Å². The molecule has 0 amide bonds. The van der Waals surface area contributed by atoms with E-state index in [0.29, 0.717) is 0 Å². The van der Waals surface area contributed by atoms with Crippen LogP contribution in [0.3, 0.4) is 0 Å². The van der Waals surface area contributed by atoms with Crippen LogP contribution in [0.5, 0.6) is 0 Å². The van der Waals surface area contributed by atoms with Crippen molar-refractivity contribution in [2.45, 2.75) is 6.04 Å². The largest absolute Gasteiger partial charge is 0.320 e. The average molecular weight is 134 g/mol. The molecule has 0 radical (unpaired) electrons. The highest BCUT2D eigenvalue weighted by molar-refractivity contribution is 5.63. The summed E-state index contributed by atoms with van der Waals surface area (Å²) in [4.78, 5) is 0. The second kappa shape index (κ2) is 3.13. The summed E-state index contributed by atoms with van der Waals surface area (Å²) in [5, 5.41) is 6.90. The van der Waals surface area contributed by atoms with Crippen molar-refractivity contribution in [3.8, 4) is 0 Å². The van der Waals surface area contributed by atoms with Crippen LogP contribution in [0.25, 0.3) is 0 Å². The summed E-state index contributed by atoms with van der Waals surface area (Å²) < 4.78 is 0. The van der Waals surface area contributed by atoms with E-state index in [4.69, 9.17) is 11.1 Å². The number of nitrogens with one attached hydrogen (secondary N) is 1. The Bertz CT molecular complexity index is 206. The van der Waals surface area contributed by atoms with Crippen LogP contribution in [0.15, 0.2) is 30.3 Å². The monoisotopic (exact) mass is 134 g/mol. The number of rotatable bonds is 2. The van der Waals surface area contributed by atoms with Gasteiger partial charge in [-0.2, -0.15) is 0 Å². The fourth-order valence-corrected chi connectivity index (χ4v) is 0.771. The Morgan fingerprint density at radius 1 is 1.30 bits per heavy atom. The van der Waals surface area contributed by atoms with Crippen molar-refractivity contribution in [3.63, 3.8) is 0 Å². The van der Waals surface area contributed by atoms with Gasteiger partial charge in [0.1, 0.15) is 0 Å². The third kappa shape index (κ3) is 1.42. The lowest BCUT2D eigenvalue weighted by Gasteiger charge is -2.02. The second-order valence-electron chi connectivity index (χ2n) is 2.10. The lowest BCUT2D eigenvalue weighted by molar-refractivity contribution is 0.976. The van der Waals surface area contributed by atoms with Gasteiger partial charge in [-0.3, -0.25) is 0 Å².